The standard InChI is InChI=1S/C19H28N4O2S/c1-13(2)23(18(25)10-14-8-7-9-26-14)12-17(24)20-16-11-15(19(3,4)5)21-22(16)6/h7-9,11,13H,10,12H2,1-6H3,(H,20,24). The minimum atomic E-state index is -0.221. The zero-order chi connectivity index (χ0) is 19.5. The summed E-state index contributed by atoms with van der Waals surface area (Å²) in [5.41, 5.74) is 0.811. The summed E-state index contributed by atoms with van der Waals surface area (Å²) in [4.78, 5) is 27.7. The number of carbonyl (C=O) groups excluding carboxylic acids is 2. The summed E-state index contributed by atoms with van der Waals surface area (Å²) < 4.78 is 1.66. The Morgan fingerprint density at radius 1 is 1.35 bits per heavy atom. The number of nitrogens with one attached hydrogen (secondary N) is 1. The lowest BCUT2D eigenvalue weighted by Gasteiger charge is -2.26. The largest absolute Gasteiger partial charge is 0.331 e. The number of carbonyl (C=O) groups is 2. The zero-order valence-electron chi connectivity index (χ0n) is 16.4. The maximum absolute atomic E-state index is 12.6. The highest BCUT2D eigenvalue weighted by Gasteiger charge is 2.23. The third-order valence-electron chi connectivity index (χ3n) is 4.08. The monoisotopic (exact) mass is 376 g/mol. The summed E-state index contributed by atoms with van der Waals surface area (Å²) in [6.45, 7) is 10.1. The number of rotatable bonds is 6. The molecule has 0 spiro atoms. The van der Waals surface area contributed by atoms with E-state index in [2.05, 4.69) is 31.2 Å². The first-order chi connectivity index (χ1) is 12.1. The van der Waals surface area contributed by atoms with E-state index < -0.39 is 0 Å². The van der Waals surface area contributed by atoms with Crippen LogP contribution in [0.4, 0.5) is 5.82 Å². The average molecular weight is 377 g/mol. The van der Waals surface area contributed by atoms with Crippen molar-refractivity contribution in [2.75, 3.05) is 11.9 Å². The van der Waals surface area contributed by atoms with Crippen molar-refractivity contribution >= 4 is 29.0 Å². The number of hydrogen-bond acceptors (Lipinski definition) is 4. The molecule has 0 aliphatic heterocycles. The van der Waals surface area contributed by atoms with Crippen molar-refractivity contribution in [3.8, 4) is 0 Å². The molecule has 0 fully saturated rings. The molecular weight excluding hydrogens is 348 g/mol. The SMILES string of the molecule is CC(C)N(CC(=O)Nc1cc(C(C)(C)C)nn1C)C(=O)Cc1cccs1. The Hall–Kier alpha value is -2.15. The Morgan fingerprint density at radius 2 is 2.04 bits per heavy atom. The molecule has 0 atom stereocenters. The van der Waals surface area contributed by atoms with Gasteiger partial charge in [-0.3, -0.25) is 14.3 Å². The molecule has 0 aromatic carbocycles. The van der Waals surface area contributed by atoms with Crippen LogP contribution in [-0.2, 0) is 28.5 Å². The summed E-state index contributed by atoms with van der Waals surface area (Å²) in [7, 11) is 1.80. The average Bonchev–Trinajstić information content (AvgIpc) is 3.14. The first-order valence-corrected chi connectivity index (χ1v) is 9.62. The number of anilines is 1. The predicted molar refractivity (Wildman–Crippen MR) is 105 cm³/mol. The first kappa shape index (κ1) is 20.2. The zero-order valence-corrected chi connectivity index (χ0v) is 17.2. The molecule has 2 aromatic rings. The maximum Gasteiger partial charge on any atom is 0.245 e. The van der Waals surface area contributed by atoms with E-state index >= 15 is 0 Å². The second-order valence-corrected chi connectivity index (χ2v) is 8.74. The smallest absolute Gasteiger partial charge is 0.245 e. The Kier molecular flexibility index (Phi) is 6.23. The van der Waals surface area contributed by atoms with E-state index in [-0.39, 0.29) is 29.8 Å². The van der Waals surface area contributed by atoms with Gasteiger partial charge in [0.25, 0.3) is 0 Å². The third-order valence-corrected chi connectivity index (χ3v) is 4.96. The molecule has 142 valence electrons. The minimum absolute atomic E-state index is 0.0257. The highest BCUT2D eigenvalue weighted by atomic mass is 32.1. The molecule has 2 heterocycles. The van der Waals surface area contributed by atoms with Gasteiger partial charge in [0.2, 0.25) is 11.8 Å². The Morgan fingerprint density at radius 3 is 2.54 bits per heavy atom. The normalized spacial score (nSPS) is 11.7. The Labute approximate surface area is 159 Å². The first-order valence-electron chi connectivity index (χ1n) is 8.74. The second kappa shape index (κ2) is 8.03. The highest BCUT2D eigenvalue weighted by Crippen LogP contribution is 2.23. The number of thiophene rings is 1. The van der Waals surface area contributed by atoms with Crippen LogP contribution in [0.1, 0.15) is 45.2 Å². The van der Waals surface area contributed by atoms with Gasteiger partial charge in [-0.05, 0) is 25.3 Å². The molecule has 2 amide bonds. The van der Waals surface area contributed by atoms with E-state index in [4.69, 9.17) is 0 Å². The van der Waals surface area contributed by atoms with Crippen LogP contribution < -0.4 is 5.32 Å². The number of amides is 2. The van der Waals surface area contributed by atoms with E-state index in [0.29, 0.717) is 12.2 Å². The molecule has 0 bridgehead atoms. The molecule has 2 rings (SSSR count). The molecule has 7 heteroatoms. The van der Waals surface area contributed by atoms with Crippen LogP contribution >= 0.6 is 11.3 Å². The molecular formula is C19H28N4O2S. The molecule has 0 unspecified atom stereocenters. The van der Waals surface area contributed by atoms with Crippen LogP contribution in [0.25, 0.3) is 0 Å². The highest BCUT2D eigenvalue weighted by molar-refractivity contribution is 7.10. The Balaban J connectivity index is 2.04. The molecule has 0 aliphatic rings. The number of aryl methyl sites for hydroxylation is 1. The van der Waals surface area contributed by atoms with Crippen molar-refractivity contribution in [2.24, 2.45) is 7.05 Å². The maximum atomic E-state index is 12.6. The topological polar surface area (TPSA) is 67.2 Å². The van der Waals surface area contributed by atoms with E-state index in [1.807, 2.05) is 37.4 Å². The molecule has 6 nitrogen and oxygen atoms in total. The van der Waals surface area contributed by atoms with Crippen molar-refractivity contribution in [3.63, 3.8) is 0 Å². The summed E-state index contributed by atoms with van der Waals surface area (Å²) in [6.07, 6.45) is 0.322. The van der Waals surface area contributed by atoms with Crippen LogP contribution in [0.5, 0.6) is 0 Å². The third kappa shape index (κ3) is 5.17. The molecule has 1 N–H and O–H groups in total. The van der Waals surface area contributed by atoms with Gasteiger partial charge in [-0.25, -0.2) is 0 Å². The van der Waals surface area contributed by atoms with Gasteiger partial charge >= 0.3 is 0 Å². The van der Waals surface area contributed by atoms with E-state index in [1.54, 1.807) is 28.0 Å². The van der Waals surface area contributed by atoms with Crippen LogP contribution in [-0.4, -0.2) is 39.1 Å². The molecule has 26 heavy (non-hydrogen) atoms. The van der Waals surface area contributed by atoms with Crippen molar-refractivity contribution in [2.45, 2.75) is 52.5 Å². The van der Waals surface area contributed by atoms with Crippen molar-refractivity contribution in [3.05, 3.63) is 34.2 Å². The summed E-state index contributed by atoms with van der Waals surface area (Å²) in [5, 5.41) is 9.28. The van der Waals surface area contributed by atoms with Gasteiger partial charge in [-0.1, -0.05) is 26.8 Å². The van der Waals surface area contributed by atoms with Crippen molar-refractivity contribution < 1.29 is 9.59 Å². The Bertz CT molecular complexity index is 757. The molecule has 0 radical (unpaired) electrons. The van der Waals surface area contributed by atoms with Crippen molar-refractivity contribution in [1.29, 1.82) is 0 Å². The van der Waals surface area contributed by atoms with Gasteiger partial charge in [0.1, 0.15) is 12.4 Å². The van der Waals surface area contributed by atoms with Crippen molar-refractivity contribution in [1.82, 2.24) is 14.7 Å². The summed E-state index contributed by atoms with van der Waals surface area (Å²) >= 11 is 1.55. The fraction of sp³-hybridized carbons (Fsp3) is 0.526. The fourth-order valence-electron chi connectivity index (χ4n) is 2.51. The van der Waals surface area contributed by atoms with Gasteiger partial charge in [0, 0.05) is 29.4 Å². The lowest BCUT2D eigenvalue weighted by atomic mass is 9.92. The number of nitrogens with zero attached hydrogens (tertiary/aromatic N) is 3. The fourth-order valence-corrected chi connectivity index (χ4v) is 3.21. The van der Waals surface area contributed by atoms with Crippen LogP contribution in [0.2, 0.25) is 0 Å². The quantitative estimate of drug-likeness (QED) is 0.842. The lowest BCUT2D eigenvalue weighted by molar-refractivity contribution is -0.135. The lowest BCUT2D eigenvalue weighted by Crippen LogP contribution is -2.43. The summed E-state index contributed by atoms with van der Waals surface area (Å²) in [6, 6.07) is 5.69. The minimum Gasteiger partial charge on any atom is -0.331 e. The predicted octanol–water partition coefficient (Wildman–Crippen LogP) is 3.20. The van der Waals surface area contributed by atoms with Crippen LogP contribution in [0.15, 0.2) is 23.6 Å². The number of aromatic nitrogens is 2. The number of hydrogen-bond donors (Lipinski definition) is 1. The van der Waals surface area contributed by atoms with E-state index in [9.17, 15) is 9.59 Å². The van der Waals surface area contributed by atoms with Gasteiger partial charge in [0.05, 0.1) is 12.1 Å². The van der Waals surface area contributed by atoms with E-state index in [0.717, 1.165) is 10.6 Å². The summed E-state index contributed by atoms with van der Waals surface area (Å²) in [5.74, 6) is 0.369. The molecule has 0 saturated carbocycles. The van der Waals surface area contributed by atoms with Gasteiger partial charge < -0.3 is 10.2 Å². The molecule has 2 aromatic heterocycles. The van der Waals surface area contributed by atoms with E-state index in [1.165, 1.54) is 0 Å². The molecule has 0 aliphatic carbocycles. The van der Waals surface area contributed by atoms with Gasteiger partial charge in [-0.15, -0.1) is 11.3 Å². The second-order valence-electron chi connectivity index (χ2n) is 7.71. The van der Waals surface area contributed by atoms with Crippen LogP contribution in [0, 0.1) is 0 Å². The molecule has 0 saturated heterocycles. The van der Waals surface area contributed by atoms with Crippen LogP contribution in [0.3, 0.4) is 0 Å². The van der Waals surface area contributed by atoms with Gasteiger partial charge in [0.15, 0.2) is 0 Å². The van der Waals surface area contributed by atoms with Gasteiger partial charge in [-0.2, -0.15) is 5.10 Å².